The van der Waals surface area contributed by atoms with E-state index in [1.807, 2.05) is 24.0 Å². The molecule has 94 valence electrons. The summed E-state index contributed by atoms with van der Waals surface area (Å²) in [4.78, 5) is 1.90. The molecule has 0 bridgehead atoms. The molecule has 2 unspecified atom stereocenters. The van der Waals surface area contributed by atoms with Crippen LogP contribution in [0.15, 0.2) is 18.2 Å². The van der Waals surface area contributed by atoms with Gasteiger partial charge in [-0.2, -0.15) is 0 Å². The van der Waals surface area contributed by atoms with Crippen molar-refractivity contribution >= 4 is 11.4 Å². The van der Waals surface area contributed by atoms with Gasteiger partial charge >= 0.3 is 0 Å². The molecule has 5 heteroatoms. The zero-order valence-electron chi connectivity index (χ0n) is 9.84. The topological polar surface area (TPSA) is 79.0 Å². The van der Waals surface area contributed by atoms with Crippen molar-refractivity contribution in [3.05, 3.63) is 18.2 Å². The number of nitrogens with two attached hydrogens (primary N) is 1. The second kappa shape index (κ2) is 4.81. The van der Waals surface area contributed by atoms with E-state index in [4.69, 9.17) is 10.5 Å². The van der Waals surface area contributed by atoms with Crippen LogP contribution in [-0.2, 0) is 0 Å². The van der Waals surface area contributed by atoms with Gasteiger partial charge in [-0.1, -0.05) is 0 Å². The molecular formula is C12H18N2O3. The van der Waals surface area contributed by atoms with Crippen LogP contribution in [-0.4, -0.2) is 42.1 Å². The highest BCUT2D eigenvalue weighted by Crippen LogP contribution is 2.28. The minimum atomic E-state index is -0.702. The summed E-state index contributed by atoms with van der Waals surface area (Å²) in [6.45, 7) is 3.31. The molecule has 1 aromatic rings. The van der Waals surface area contributed by atoms with Gasteiger partial charge in [-0.3, -0.25) is 0 Å². The highest BCUT2D eigenvalue weighted by molar-refractivity contribution is 5.61. The SMILES string of the molecule is CCOc1cc(N)cc(N2CC(O)C(O)C2)c1. The maximum Gasteiger partial charge on any atom is 0.123 e. The Kier molecular flexibility index (Phi) is 3.40. The van der Waals surface area contributed by atoms with Crippen molar-refractivity contribution in [1.82, 2.24) is 0 Å². The van der Waals surface area contributed by atoms with Gasteiger partial charge in [0.2, 0.25) is 0 Å². The molecule has 0 radical (unpaired) electrons. The van der Waals surface area contributed by atoms with Gasteiger partial charge in [0.05, 0.1) is 18.8 Å². The first-order valence-corrected chi connectivity index (χ1v) is 5.74. The van der Waals surface area contributed by atoms with Crippen LogP contribution in [0.1, 0.15) is 6.92 Å². The molecule has 0 aliphatic carbocycles. The van der Waals surface area contributed by atoms with Gasteiger partial charge in [-0.25, -0.2) is 0 Å². The Morgan fingerprint density at radius 2 is 1.94 bits per heavy atom. The zero-order valence-corrected chi connectivity index (χ0v) is 9.84. The van der Waals surface area contributed by atoms with E-state index in [-0.39, 0.29) is 0 Å². The second-order valence-corrected chi connectivity index (χ2v) is 4.23. The second-order valence-electron chi connectivity index (χ2n) is 4.23. The quantitative estimate of drug-likeness (QED) is 0.656. The average molecular weight is 238 g/mol. The van der Waals surface area contributed by atoms with E-state index >= 15 is 0 Å². The molecule has 1 heterocycles. The third kappa shape index (κ3) is 2.62. The highest BCUT2D eigenvalue weighted by atomic mass is 16.5. The summed E-state index contributed by atoms with van der Waals surface area (Å²) in [5.41, 5.74) is 7.27. The smallest absolute Gasteiger partial charge is 0.123 e. The summed E-state index contributed by atoms with van der Waals surface area (Å²) in [6.07, 6.45) is -1.40. The van der Waals surface area contributed by atoms with Gasteiger partial charge in [0.25, 0.3) is 0 Å². The van der Waals surface area contributed by atoms with Crippen molar-refractivity contribution in [2.24, 2.45) is 0 Å². The molecule has 17 heavy (non-hydrogen) atoms. The molecule has 4 N–H and O–H groups in total. The van der Waals surface area contributed by atoms with E-state index < -0.39 is 12.2 Å². The Balaban J connectivity index is 2.20. The summed E-state index contributed by atoms with van der Waals surface area (Å²) < 4.78 is 5.41. The average Bonchev–Trinajstić information content (AvgIpc) is 2.59. The number of hydrogen-bond acceptors (Lipinski definition) is 5. The Morgan fingerprint density at radius 3 is 2.53 bits per heavy atom. The molecule has 1 aliphatic heterocycles. The molecule has 0 aromatic heterocycles. The Labute approximate surface area is 100 Å². The molecule has 0 saturated carbocycles. The number of ether oxygens (including phenoxy) is 1. The van der Waals surface area contributed by atoms with E-state index in [1.54, 1.807) is 6.07 Å². The fourth-order valence-electron chi connectivity index (χ4n) is 2.02. The number of rotatable bonds is 3. The third-order valence-corrected chi connectivity index (χ3v) is 2.85. The molecule has 0 amide bonds. The lowest BCUT2D eigenvalue weighted by atomic mass is 10.2. The lowest BCUT2D eigenvalue weighted by molar-refractivity contribution is 0.0572. The maximum absolute atomic E-state index is 9.52. The van der Waals surface area contributed by atoms with Crippen molar-refractivity contribution in [1.29, 1.82) is 0 Å². The van der Waals surface area contributed by atoms with E-state index in [2.05, 4.69) is 0 Å². The summed E-state index contributed by atoms with van der Waals surface area (Å²) in [7, 11) is 0. The predicted molar refractivity (Wildman–Crippen MR) is 66.3 cm³/mol. The Bertz CT molecular complexity index is 387. The van der Waals surface area contributed by atoms with E-state index in [9.17, 15) is 10.2 Å². The molecular weight excluding hydrogens is 220 g/mol. The first-order chi connectivity index (χ1) is 8.10. The summed E-state index contributed by atoms with van der Waals surface area (Å²) in [5, 5.41) is 19.0. The zero-order chi connectivity index (χ0) is 12.4. The Morgan fingerprint density at radius 1 is 1.29 bits per heavy atom. The third-order valence-electron chi connectivity index (χ3n) is 2.85. The van der Waals surface area contributed by atoms with Gasteiger partial charge in [0.15, 0.2) is 0 Å². The van der Waals surface area contributed by atoms with Crippen LogP contribution in [0.5, 0.6) is 5.75 Å². The number of β-amino-alcohol motifs (C(OH)–C–C–N with tert-alkyl or cyclic N) is 2. The van der Waals surface area contributed by atoms with Crippen LogP contribution >= 0.6 is 0 Å². The first-order valence-electron chi connectivity index (χ1n) is 5.74. The van der Waals surface area contributed by atoms with Gasteiger partial charge in [-0.15, -0.1) is 0 Å². The van der Waals surface area contributed by atoms with Gasteiger partial charge in [-0.05, 0) is 13.0 Å². The van der Waals surface area contributed by atoms with Crippen LogP contribution in [0, 0.1) is 0 Å². The minimum absolute atomic E-state index is 0.413. The standard InChI is InChI=1S/C12H18N2O3/c1-2-17-10-4-8(13)3-9(5-10)14-6-11(15)12(16)7-14/h3-5,11-12,15-16H,2,6-7,13H2,1H3. The predicted octanol–water partition coefficient (Wildman–Crippen LogP) is 0.209. The molecule has 2 rings (SSSR count). The minimum Gasteiger partial charge on any atom is -0.494 e. The molecule has 5 nitrogen and oxygen atoms in total. The van der Waals surface area contributed by atoms with Gasteiger partial charge < -0.3 is 25.6 Å². The Hall–Kier alpha value is -1.46. The summed E-state index contributed by atoms with van der Waals surface area (Å²) in [5.74, 6) is 0.707. The summed E-state index contributed by atoms with van der Waals surface area (Å²) in [6, 6.07) is 5.44. The first kappa shape index (κ1) is 12.0. The number of nitrogen functional groups attached to an aromatic ring is 1. The van der Waals surface area contributed by atoms with E-state index in [0.717, 1.165) is 5.69 Å². The highest BCUT2D eigenvalue weighted by Gasteiger charge is 2.29. The van der Waals surface area contributed by atoms with Crippen LogP contribution in [0.25, 0.3) is 0 Å². The number of nitrogens with zero attached hydrogens (tertiary/aromatic N) is 1. The monoisotopic (exact) mass is 238 g/mol. The van der Waals surface area contributed by atoms with E-state index in [0.29, 0.717) is 31.1 Å². The number of hydrogen-bond donors (Lipinski definition) is 3. The van der Waals surface area contributed by atoms with Gasteiger partial charge in [0.1, 0.15) is 5.75 Å². The largest absolute Gasteiger partial charge is 0.494 e. The lowest BCUT2D eigenvalue weighted by Crippen LogP contribution is -2.22. The van der Waals surface area contributed by atoms with Crippen LogP contribution in [0.2, 0.25) is 0 Å². The van der Waals surface area contributed by atoms with Crippen LogP contribution < -0.4 is 15.4 Å². The lowest BCUT2D eigenvalue weighted by Gasteiger charge is -2.19. The van der Waals surface area contributed by atoms with Crippen molar-refractivity contribution in [2.45, 2.75) is 19.1 Å². The number of aliphatic hydroxyl groups excluding tert-OH is 2. The fraction of sp³-hybridized carbons (Fsp3) is 0.500. The number of anilines is 2. The van der Waals surface area contributed by atoms with Crippen LogP contribution in [0.4, 0.5) is 11.4 Å². The van der Waals surface area contributed by atoms with Crippen molar-refractivity contribution in [2.75, 3.05) is 30.3 Å². The van der Waals surface area contributed by atoms with Crippen molar-refractivity contribution < 1.29 is 14.9 Å². The maximum atomic E-state index is 9.52. The summed E-state index contributed by atoms with van der Waals surface area (Å²) >= 11 is 0. The molecule has 1 fully saturated rings. The molecule has 1 aromatic carbocycles. The number of benzene rings is 1. The van der Waals surface area contributed by atoms with Gasteiger partial charge in [0, 0.05) is 36.6 Å². The van der Waals surface area contributed by atoms with Crippen molar-refractivity contribution in [3.63, 3.8) is 0 Å². The molecule has 0 spiro atoms. The molecule has 1 aliphatic rings. The van der Waals surface area contributed by atoms with Crippen LogP contribution in [0.3, 0.4) is 0 Å². The normalized spacial score (nSPS) is 24.1. The van der Waals surface area contributed by atoms with E-state index in [1.165, 1.54) is 0 Å². The van der Waals surface area contributed by atoms with Crippen molar-refractivity contribution in [3.8, 4) is 5.75 Å². The molecule has 1 saturated heterocycles. The molecule has 2 atom stereocenters. The number of aliphatic hydroxyl groups is 2. The fourth-order valence-corrected chi connectivity index (χ4v) is 2.02.